The lowest BCUT2D eigenvalue weighted by molar-refractivity contribution is 0.0517. The van der Waals surface area contributed by atoms with Gasteiger partial charge in [-0.15, -0.1) is 0 Å². The van der Waals surface area contributed by atoms with E-state index in [-0.39, 0.29) is 13.2 Å². The SMILES string of the molecule is CCOC(=O)c1c(-c2cnc3ccccc3c2C(=O)OCC)cnc2ccccc12. The van der Waals surface area contributed by atoms with E-state index >= 15 is 0 Å². The average molecular weight is 400 g/mol. The Morgan fingerprint density at radius 2 is 1.10 bits per heavy atom. The van der Waals surface area contributed by atoms with E-state index in [0.717, 1.165) is 0 Å². The molecule has 150 valence electrons. The number of hydrogen-bond acceptors (Lipinski definition) is 6. The van der Waals surface area contributed by atoms with Crippen LogP contribution in [0.25, 0.3) is 32.9 Å². The van der Waals surface area contributed by atoms with E-state index in [2.05, 4.69) is 9.97 Å². The molecule has 6 heteroatoms. The predicted molar refractivity (Wildman–Crippen MR) is 114 cm³/mol. The molecule has 0 aliphatic carbocycles. The van der Waals surface area contributed by atoms with Crippen molar-refractivity contribution in [3.05, 3.63) is 72.1 Å². The van der Waals surface area contributed by atoms with Crippen LogP contribution in [0.5, 0.6) is 0 Å². The van der Waals surface area contributed by atoms with E-state index in [4.69, 9.17) is 9.47 Å². The normalized spacial score (nSPS) is 10.9. The summed E-state index contributed by atoms with van der Waals surface area (Å²) in [5.41, 5.74) is 2.99. The molecule has 2 aromatic carbocycles. The summed E-state index contributed by atoms with van der Waals surface area (Å²) < 4.78 is 10.7. The van der Waals surface area contributed by atoms with Crippen molar-refractivity contribution < 1.29 is 19.1 Å². The molecule has 0 bridgehead atoms. The molecule has 2 aromatic heterocycles. The topological polar surface area (TPSA) is 78.4 Å². The van der Waals surface area contributed by atoms with Gasteiger partial charge in [-0.05, 0) is 26.0 Å². The van der Waals surface area contributed by atoms with E-state index in [1.165, 1.54) is 0 Å². The molecule has 0 unspecified atom stereocenters. The molecule has 2 heterocycles. The third-order valence-corrected chi connectivity index (χ3v) is 4.80. The number of pyridine rings is 2. The van der Waals surface area contributed by atoms with Gasteiger partial charge in [-0.25, -0.2) is 9.59 Å². The minimum absolute atomic E-state index is 0.232. The minimum Gasteiger partial charge on any atom is -0.462 e. The smallest absolute Gasteiger partial charge is 0.339 e. The van der Waals surface area contributed by atoms with Gasteiger partial charge in [0.1, 0.15) is 0 Å². The molecule has 4 rings (SSSR count). The lowest BCUT2D eigenvalue weighted by Crippen LogP contribution is -2.12. The highest BCUT2D eigenvalue weighted by atomic mass is 16.5. The van der Waals surface area contributed by atoms with Crippen LogP contribution in [0.1, 0.15) is 34.6 Å². The summed E-state index contributed by atoms with van der Waals surface area (Å²) in [6, 6.07) is 14.7. The maximum Gasteiger partial charge on any atom is 0.339 e. The van der Waals surface area contributed by atoms with Crippen molar-refractivity contribution in [2.24, 2.45) is 0 Å². The number of hydrogen-bond donors (Lipinski definition) is 0. The van der Waals surface area contributed by atoms with Crippen LogP contribution < -0.4 is 0 Å². The Hall–Kier alpha value is -3.80. The molecule has 0 aliphatic heterocycles. The predicted octanol–water partition coefficient (Wildman–Crippen LogP) is 4.80. The first kappa shape index (κ1) is 19.5. The first-order valence-electron chi connectivity index (χ1n) is 9.75. The highest BCUT2D eigenvalue weighted by Gasteiger charge is 2.25. The van der Waals surface area contributed by atoms with Crippen LogP contribution >= 0.6 is 0 Å². The summed E-state index contributed by atoms with van der Waals surface area (Å²) in [6.07, 6.45) is 3.17. The highest BCUT2D eigenvalue weighted by molar-refractivity contribution is 6.14. The number of rotatable bonds is 5. The van der Waals surface area contributed by atoms with Crippen molar-refractivity contribution in [1.29, 1.82) is 0 Å². The summed E-state index contributed by atoms with van der Waals surface area (Å²) in [5.74, 6) is -0.955. The second-order valence-electron chi connectivity index (χ2n) is 6.57. The molecule has 0 radical (unpaired) electrons. The number of benzene rings is 2. The fourth-order valence-electron chi connectivity index (χ4n) is 3.54. The second kappa shape index (κ2) is 8.29. The van der Waals surface area contributed by atoms with Crippen LogP contribution in [0.4, 0.5) is 0 Å². The van der Waals surface area contributed by atoms with Crippen molar-refractivity contribution in [2.75, 3.05) is 13.2 Å². The molecule has 4 aromatic rings. The Bertz CT molecular complexity index is 1170. The Labute approximate surface area is 173 Å². The molecular weight excluding hydrogens is 380 g/mol. The van der Waals surface area contributed by atoms with Crippen LogP contribution in [-0.2, 0) is 9.47 Å². The summed E-state index contributed by atoms with van der Waals surface area (Å²) in [4.78, 5) is 34.9. The van der Waals surface area contributed by atoms with Gasteiger partial charge in [-0.3, -0.25) is 9.97 Å². The number of carbonyl (C=O) groups is 2. The molecule has 0 fully saturated rings. The van der Waals surface area contributed by atoms with Gasteiger partial charge in [0.15, 0.2) is 0 Å². The van der Waals surface area contributed by atoms with Gasteiger partial charge in [0, 0.05) is 34.3 Å². The lowest BCUT2D eigenvalue weighted by atomic mass is 9.93. The van der Waals surface area contributed by atoms with Crippen molar-refractivity contribution in [3.63, 3.8) is 0 Å². The van der Waals surface area contributed by atoms with Gasteiger partial charge in [-0.2, -0.15) is 0 Å². The monoisotopic (exact) mass is 400 g/mol. The highest BCUT2D eigenvalue weighted by Crippen LogP contribution is 2.34. The third-order valence-electron chi connectivity index (χ3n) is 4.80. The van der Waals surface area contributed by atoms with Crippen LogP contribution in [0.2, 0.25) is 0 Å². The van der Waals surface area contributed by atoms with Crippen LogP contribution in [0.15, 0.2) is 60.9 Å². The fraction of sp³-hybridized carbons (Fsp3) is 0.167. The van der Waals surface area contributed by atoms with Gasteiger partial charge in [0.2, 0.25) is 0 Å². The summed E-state index contributed by atoms with van der Waals surface area (Å²) in [6.45, 7) is 3.97. The van der Waals surface area contributed by atoms with E-state index in [1.54, 1.807) is 26.2 Å². The molecule has 0 saturated carbocycles. The number of fused-ring (bicyclic) bond motifs is 2. The third kappa shape index (κ3) is 3.37. The van der Waals surface area contributed by atoms with Gasteiger partial charge in [-0.1, -0.05) is 36.4 Å². The lowest BCUT2D eigenvalue weighted by Gasteiger charge is -2.16. The van der Waals surface area contributed by atoms with Crippen molar-refractivity contribution in [3.8, 4) is 11.1 Å². The second-order valence-corrected chi connectivity index (χ2v) is 6.57. The van der Waals surface area contributed by atoms with Crippen molar-refractivity contribution >= 4 is 33.7 Å². The summed E-state index contributed by atoms with van der Waals surface area (Å²) >= 11 is 0. The van der Waals surface area contributed by atoms with Gasteiger partial charge in [0.25, 0.3) is 0 Å². The molecule has 0 N–H and O–H groups in total. The largest absolute Gasteiger partial charge is 0.462 e. The number of ether oxygens (including phenoxy) is 2. The maximum absolute atomic E-state index is 12.9. The zero-order valence-electron chi connectivity index (χ0n) is 16.7. The Morgan fingerprint density at radius 3 is 1.50 bits per heavy atom. The number of para-hydroxylation sites is 2. The number of aromatic nitrogens is 2. The van der Waals surface area contributed by atoms with Crippen molar-refractivity contribution in [2.45, 2.75) is 13.8 Å². The van der Waals surface area contributed by atoms with E-state index < -0.39 is 11.9 Å². The van der Waals surface area contributed by atoms with E-state index in [9.17, 15) is 9.59 Å². The molecule has 0 amide bonds. The van der Waals surface area contributed by atoms with Gasteiger partial charge >= 0.3 is 11.9 Å². The van der Waals surface area contributed by atoms with E-state index in [1.807, 2.05) is 48.5 Å². The van der Waals surface area contributed by atoms with Gasteiger partial charge in [0.05, 0.1) is 35.4 Å². The van der Waals surface area contributed by atoms with Crippen molar-refractivity contribution in [1.82, 2.24) is 9.97 Å². The quantitative estimate of drug-likeness (QED) is 0.448. The molecular formula is C24H20N2O4. The number of esters is 2. The summed E-state index contributed by atoms with van der Waals surface area (Å²) in [5, 5.41) is 1.30. The first-order valence-corrected chi connectivity index (χ1v) is 9.75. The maximum atomic E-state index is 12.9. The molecule has 0 saturated heterocycles. The fourth-order valence-corrected chi connectivity index (χ4v) is 3.54. The number of nitrogens with zero attached hydrogens (tertiary/aromatic N) is 2. The Kier molecular flexibility index (Phi) is 5.39. The molecule has 6 nitrogen and oxygen atoms in total. The number of carbonyl (C=O) groups excluding carboxylic acids is 2. The Morgan fingerprint density at radius 1 is 0.700 bits per heavy atom. The van der Waals surface area contributed by atoms with Gasteiger partial charge < -0.3 is 9.47 Å². The van der Waals surface area contributed by atoms with Crippen LogP contribution in [-0.4, -0.2) is 35.1 Å². The first-order chi connectivity index (χ1) is 14.7. The zero-order valence-corrected chi connectivity index (χ0v) is 16.7. The molecule has 0 aliphatic rings. The average Bonchev–Trinajstić information content (AvgIpc) is 2.77. The van der Waals surface area contributed by atoms with Crippen LogP contribution in [0.3, 0.4) is 0 Å². The molecule has 30 heavy (non-hydrogen) atoms. The summed E-state index contributed by atoms with van der Waals surface area (Å²) in [7, 11) is 0. The molecule has 0 spiro atoms. The van der Waals surface area contributed by atoms with Crippen LogP contribution in [0, 0.1) is 0 Å². The standard InChI is InChI=1S/C24H20N2O4/c1-3-29-23(27)21-15-9-5-7-11-19(15)25-13-17(21)18-14-26-20-12-8-6-10-16(20)22(18)24(28)30-4-2/h5-14H,3-4H2,1-2H3. The van der Waals surface area contributed by atoms with E-state index in [0.29, 0.717) is 44.1 Å². The molecule has 0 atom stereocenters. The minimum atomic E-state index is -0.478. The zero-order chi connectivity index (χ0) is 21.1. The Balaban J connectivity index is 2.08.